The van der Waals surface area contributed by atoms with E-state index in [4.69, 9.17) is 6.17 Å². The molecule has 17 heavy (non-hydrogen) atoms. The monoisotopic (exact) mass is 355 g/mol. The molecule has 2 heterocycles. The minimum absolute atomic E-state index is 0.0765. The van der Waals surface area contributed by atoms with Crippen LogP contribution in [-0.4, -0.2) is 40.0 Å². The van der Waals surface area contributed by atoms with Crippen molar-refractivity contribution in [3.8, 4) is 0 Å². The van der Waals surface area contributed by atoms with Gasteiger partial charge in [-0.15, -0.1) is 0 Å². The summed E-state index contributed by atoms with van der Waals surface area (Å²) in [5.74, 6) is 0. The Morgan fingerprint density at radius 3 is 3.18 bits per heavy atom. The highest BCUT2D eigenvalue weighted by Gasteiger charge is 2.34. The Balaban J connectivity index is 2.26. The van der Waals surface area contributed by atoms with E-state index in [-0.39, 0.29) is 13.0 Å². The van der Waals surface area contributed by atoms with E-state index in [0.717, 1.165) is 0 Å². The third-order valence-electron chi connectivity index (χ3n) is 2.60. The predicted octanol–water partition coefficient (Wildman–Crippen LogP) is -1.22. The van der Waals surface area contributed by atoms with Crippen LogP contribution in [0.3, 0.4) is 0 Å². The molecule has 3 atom stereocenters. The molecule has 0 aromatic carbocycles. The number of halogens is 1. The van der Waals surface area contributed by atoms with Crippen LogP contribution >= 0.6 is 22.6 Å². The Morgan fingerprint density at radius 2 is 2.47 bits per heavy atom. The van der Waals surface area contributed by atoms with E-state index in [1.807, 2.05) is 0 Å². The summed E-state index contributed by atoms with van der Waals surface area (Å²) in [6.45, 7) is -0.0765. The second-order valence-corrected chi connectivity index (χ2v) is 4.90. The SMILES string of the molecule is [2H]OCC1OC(n2cc(I)c(=O)[nH]c2=O)CC1O. The van der Waals surface area contributed by atoms with Gasteiger partial charge < -0.3 is 15.0 Å². The van der Waals surface area contributed by atoms with E-state index in [2.05, 4.69) is 10.1 Å². The average Bonchev–Trinajstić information content (AvgIpc) is 2.66. The number of aliphatic hydroxyl groups is 2. The molecular weight excluding hydrogens is 343 g/mol. The minimum atomic E-state index is -0.808. The first kappa shape index (κ1) is 11.4. The number of ether oxygens (including phenoxy) is 1. The van der Waals surface area contributed by atoms with Crippen molar-refractivity contribution in [2.24, 2.45) is 0 Å². The van der Waals surface area contributed by atoms with Gasteiger partial charge in [0.25, 0.3) is 5.56 Å². The first-order valence-corrected chi connectivity index (χ1v) is 6.03. The number of rotatable bonds is 3. The van der Waals surface area contributed by atoms with Crippen molar-refractivity contribution in [3.63, 3.8) is 0 Å². The van der Waals surface area contributed by atoms with Crippen LogP contribution in [0.4, 0.5) is 0 Å². The zero-order chi connectivity index (χ0) is 13.3. The van der Waals surface area contributed by atoms with Crippen LogP contribution in [0.25, 0.3) is 0 Å². The third kappa shape index (κ3) is 2.44. The molecule has 2 rings (SSSR count). The lowest BCUT2D eigenvalue weighted by Crippen LogP contribution is -2.33. The quantitative estimate of drug-likeness (QED) is 0.590. The molecule has 0 spiro atoms. The number of hydrogen-bond donors (Lipinski definition) is 3. The molecule has 1 saturated heterocycles. The summed E-state index contributed by atoms with van der Waals surface area (Å²) in [6, 6.07) is 0. The number of aromatic nitrogens is 2. The van der Waals surface area contributed by atoms with E-state index >= 15 is 0 Å². The van der Waals surface area contributed by atoms with E-state index < -0.39 is 29.7 Å². The first-order valence-electron chi connectivity index (χ1n) is 5.36. The van der Waals surface area contributed by atoms with Crippen molar-refractivity contribution in [2.45, 2.75) is 24.9 Å². The molecule has 8 heteroatoms. The molecule has 1 aliphatic rings. The zero-order valence-electron chi connectivity index (χ0n) is 9.63. The largest absolute Gasteiger partial charge is 0.394 e. The zero-order valence-corrected chi connectivity index (χ0v) is 10.8. The van der Waals surface area contributed by atoms with E-state index in [0.29, 0.717) is 3.57 Å². The van der Waals surface area contributed by atoms with Crippen molar-refractivity contribution in [2.75, 3.05) is 6.61 Å². The lowest BCUT2D eigenvalue weighted by Gasteiger charge is -2.14. The van der Waals surface area contributed by atoms with Crippen molar-refractivity contribution >= 4 is 22.6 Å². The lowest BCUT2D eigenvalue weighted by molar-refractivity contribution is -0.0459. The maximum absolute atomic E-state index is 11.6. The van der Waals surface area contributed by atoms with Gasteiger partial charge in [-0.1, -0.05) is 0 Å². The molecule has 1 aromatic heterocycles. The van der Waals surface area contributed by atoms with Crippen LogP contribution < -0.4 is 11.2 Å². The predicted molar refractivity (Wildman–Crippen MR) is 65.7 cm³/mol. The van der Waals surface area contributed by atoms with Crippen LogP contribution in [0, 0.1) is 3.57 Å². The second kappa shape index (κ2) is 4.88. The van der Waals surface area contributed by atoms with Gasteiger partial charge in [0.1, 0.15) is 12.3 Å². The minimum Gasteiger partial charge on any atom is -0.394 e. The molecular formula is C9H11IN2O5. The van der Waals surface area contributed by atoms with Gasteiger partial charge in [-0.3, -0.25) is 14.3 Å². The van der Waals surface area contributed by atoms with Gasteiger partial charge in [-0.2, -0.15) is 0 Å². The number of hydrogen-bond acceptors (Lipinski definition) is 5. The first-order chi connectivity index (χ1) is 8.52. The topological polar surface area (TPSA) is 105 Å². The lowest BCUT2D eigenvalue weighted by atomic mass is 10.2. The van der Waals surface area contributed by atoms with E-state index in [9.17, 15) is 14.7 Å². The summed E-state index contributed by atoms with van der Waals surface area (Å²) in [6.07, 6.45) is -0.544. The van der Waals surface area contributed by atoms with Gasteiger partial charge in [-0.05, 0) is 22.6 Å². The van der Waals surface area contributed by atoms with Gasteiger partial charge in [0, 0.05) is 12.6 Å². The number of nitrogens with zero attached hydrogens (tertiary/aromatic N) is 1. The van der Waals surface area contributed by atoms with Gasteiger partial charge in [-0.25, -0.2) is 4.79 Å². The fourth-order valence-corrected chi connectivity index (χ4v) is 2.15. The van der Waals surface area contributed by atoms with Crippen molar-refractivity contribution in [1.82, 2.24) is 9.55 Å². The maximum atomic E-state index is 11.6. The standard InChI is InChI=1S/C9H11IN2O5/c10-4-2-12(9(16)11-8(4)15)7-1-5(14)6(3-13)17-7/h2,5-7,13-14H,1,3H2,(H,11,15,16)/i13D. The van der Waals surface area contributed by atoms with Crippen LogP contribution in [0.5, 0.6) is 0 Å². The Bertz CT molecular complexity index is 544. The molecule has 1 fully saturated rings. The highest BCUT2D eigenvalue weighted by Crippen LogP contribution is 2.27. The number of nitrogens with one attached hydrogen (secondary N) is 1. The molecule has 0 bridgehead atoms. The Kier molecular flexibility index (Phi) is 3.27. The maximum Gasteiger partial charge on any atom is 0.330 e. The van der Waals surface area contributed by atoms with Crippen LogP contribution in [0.2, 0.25) is 0 Å². The van der Waals surface area contributed by atoms with E-state index in [1.54, 1.807) is 22.6 Å². The molecule has 1 aromatic rings. The van der Waals surface area contributed by atoms with Crippen molar-refractivity contribution in [3.05, 3.63) is 30.6 Å². The highest BCUT2D eigenvalue weighted by atomic mass is 127. The second-order valence-electron chi connectivity index (χ2n) is 3.74. The summed E-state index contributed by atoms with van der Waals surface area (Å²) in [4.78, 5) is 25.0. The molecule has 0 radical (unpaired) electrons. The normalized spacial score (nSPS) is 29.3. The fourth-order valence-electron chi connectivity index (χ4n) is 1.71. The molecule has 94 valence electrons. The average molecular weight is 355 g/mol. The summed E-state index contributed by atoms with van der Waals surface area (Å²) in [7, 11) is 0. The van der Waals surface area contributed by atoms with Crippen molar-refractivity contribution < 1.29 is 15.0 Å². The fraction of sp³-hybridized carbons (Fsp3) is 0.556. The number of H-pyrrole nitrogens is 1. The van der Waals surface area contributed by atoms with E-state index in [1.165, 1.54) is 10.8 Å². The highest BCUT2D eigenvalue weighted by molar-refractivity contribution is 14.1. The van der Waals surface area contributed by atoms with Crippen LogP contribution in [0.15, 0.2) is 15.8 Å². The van der Waals surface area contributed by atoms with Gasteiger partial charge in [0.15, 0.2) is 0 Å². The summed E-state index contributed by atoms with van der Waals surface area (Å²) < 4.78 is 13.6. The Morgan fingerprint density at radius 1 is 1.71 bits per heavy atom. The number of aromatic amines is 1. The smallest absolute Gasteiger partial charge is 0.330 e. The number of aliphatic hydroxyl groups excluding tert-OH is 2. The van der Waals surface area contributed by atoms with Gasteiger partial charge in [0.2, 0.25) is 1.43 Å². The summed E-state index contributed by atoms with van der Waals surface area (Å²) >= 11 is 1.80. The summed E-state index contributed by atoms with van der Waals surface area (Å²) in [5.41, 5.74) is -1.05. The molecule has 7 nitrogen and oxygen atoms in total. The molecule has 0 aliphatic carbocycles. The van der Waals surface area contributed by atoms with Crippen LogP contribution in [0.1, 0.15) is 12.6 Å². The Hall–Kier alpha value is -0.710. The van der Waals surface area contributed by atoms with Crippen molar-refractivity contribution in [1.29, 1.82) is 1.43 Å². The van der Waals surface area contributed by atoms with Gasteiger partial charge in [0.05, 0.1) is 16.3 Å². The third-order valence-corrected chi connectivity index (χ3v) is 3.37. The molecule has 3 N–H and O–H groups in total. The molecule has 3 unspecified atom stereocenters. The molecule has 1 aliphatic heterocycles. The Labute approximate surface area is 111 Å². The van der Waals surface area contributed by atoms with Gasteiger partial charge >= 0.3 is 5.69 Å². The summed E-state index contributed by atoms with van der Waals surface area (Å²) in [5, 5.41) is 13.9. The molecule has 0 saturated carbocycles. The van der Waals surface area contributed by atoms with Crippen LogP contribution in [-0.2, 0) is 4.74 Å². The molecule has 0 amide bonds.